The van der Waals surface area contributed by atoms with Crippen molar-refractivity contribution in [3.8, 4) is 0 Å². The predicted octanol–water partition coefficient (Wildman–Crippen LogP) is 2.36. The monoisotopic (exact) mass is 252 g/mol. The average Bonchev–Trinajstić information content (AvgIpc) is 2.20. The van der Waals surface area contributed by atoms with Gasteiger partial charge < -0.3 is 10.7 Å². The van der Waals surface area contributed by atoms with Crippen molar-refractivity contribution in [3.05, 3.63) is 45.4 Å². The molecule has 3 N–H and O–H groups in total. The zero-order chi connectivity index (χ0) is 11.5. The number of anilines is 1. The van der Waals surface area contributed by atoms with Gasteiger partial charge in [-0.25, -0.2) is 4.98 Å². The number of hydrogen-bond donors (Lipinski definition) is 2. The van der Waals surface area contributed by atoms with E-state index in [4.69, 9.17) is 29.6 Å². The number of aromatic nitrogens is 3. The lowest BCUT2D eigenvalue weighted by Gasteiger charge is -2.02. The molecular weight excluding hydrogens is 244 g/mol. The lowest BCUT2D eigenvalue weighted by atomic mass is 10.1. The van der Waals surface area contributed by atoms with Crippen LogP contribution in [-0.4, -0.2) is 15.0 Å². The van der Waals surface area contributed by atoms with E-state index in [2.05, 4.69) is 15.0 Å². The molecule has 0 unspecified atom stereocenters. The van der Waals surface area contributed by atoms with Gasteiger partial charge in [-0.2, -0.15) is 4.98 Å². The number of nitrogens with two attached hydrogens (primary N) is 1. The van der Waals surface area contributed by atoms with Gasteiger partial charge in [0.25, 0.3) is 0 Å². The Kier molecular flexibility index (Phi) is 3.17. The van der Waals surface area contributed by atoms with Crippen LogP contribution < -0.4 is 5.73 Å². The van der Waals surface area contributed by atoms with Crippen LogP contribution in [0.5, 0.6) is 0 Å². The van der Waals surface area contributed by atoms with Gasteiger partial charge in [-0.1, -0.05) is 23.7 Å². The summed E-state index contributed by atoms with van der Waals surface area (Å²) in [7, 11) is 0. The van der Waals surface area contributed by atoms with E-state index in [-0.39, 0.29) is 10.7 Å². The Hall–Kier alpha value is -1.46. The summed E-state index contributed by atoms with van der Waals surface area (Å²) < 4.78 is 0.250. The van der Waals surface area contributed by atoms with Gasteiger partial charge in [0.1, 0.15) is 5.82 Å². The SMILES string of the molecule is Nc1nc(=S)nc(Cc2ccc(Cl)cc2)[nH]1. The fourth-order valence-corrected chi connectivity index (χ4v) is 1.66. The van der Waals surface area contributed by atoms with E-state index in [9.17, 15) is 0 Å². The molecule has 0 aliphatic heterocycles. The third kappa shape index (κ3) is 2.77. The van der Waals surface area contributed by atoms with Crippen molar-refractivity contribution in [1.29, 1.82) is 0 Å². The van der Waals surface area contributed by atoms with Crippen LogP contribution in [-0.2, 0) is 6.42 Å². The summed E-state index contributed by atoms with van der Waals surface area (Å²) in [6.07, 6.45) is 0.619. The van der Waals surface area contributed by atoms with Gasteiger partial charge in [-0.3, -0.25) is 0 Å². The Balaban J connectivity index is 2.26. The zero-order valence-electron chi connectivity index (χ0n) is 8.27. The van der Waals surface area contributed by atoms with E-state index < -0.39 is 0 Å². The van der Waals surface area contributed by atoms with Crippen LogP contribution in [0.3, 0.4) is 0 Å². The second-order valence-corrected chi connectivity index (χ2v) is 4.07. The molecule has 82 valence electrons. The van der Waals surface area contributed by atoms with Crippen LogP contribution in [0.2, 0.25) is 5.02 Å². The Morgan fingerprint density at radius 2 is 1.94 bits per heavy atom. The van der Waals surface area contributed by atoms with Gasteiger partial charge in [0, 0.05) is 11.4 Å². The summed E-state index contributed by atoms with van der Waals surface area (Å²) in [4.78, 5) is 10.7. The Morgan fingerprint density at radius 3 is 2.56 bits per heavy atom. The molecule has 6 heteroatoms. The number of nitrogens with one attached hydrogen (secondary N) is 1. The largest absolute Gasteiger partial charge is 0.369 e. The summed E-state index contributed by atoms with van der Waals surface area (Å²) in [5.74, 6) is 0.976. The second kappa shape index (κ2) is 4.59. The summed E-state index contributed by atoms with van der Waals surface area (Å²) in [6, 6.07) is 7.52. The van der Waals surface area contributed by atoms with Gasteiger partial charge in [0.2, 0.25) is 10.7 Å². The highest BCUT2D eigenvalue weighted by Crippen LogP contribution is 2.11. The van der Waals surface area contributed by atoms with Gasteiger partial charge in [-0.05, 0) is 29.9 Å². The zero-order valence-corrected chi connectivity index (χ0v) is 9.85. The lowest BCUT2D eigenvalue weighted by molar-refractivity contribution is 0.916. The number of benzene rings is 1. The van der Waals surface area contributed by atoms with Crippen molar-refractivity contribution in [1.82, 2.24) is 15.0 Å². The van der Waals surface area contributed by atoms with Gasteiger partial charge in [0.15, 0.2) is 0 Å². The molecule has 0 saturated carbocycles. The molecule has 16 heavy (non-hydrogen) atoms. The summed E-state index contributed by atoms with van der Waals surface area (Å²) in [5, 5.41) is 0.707. The molecule has 0 atom stereocenters. The number of aromatic amines is 1. The molecule has 4 nitrogen and oxygen atoms in total. The third-order valence-corrected chi connectivity index (χ3v) is 2.44. The smallest absolute Gasteiger partial charge is 0.224 e. The molecule has 0 aliphatic carbocycles. The van der Waals surface area contributed by atoms with Gasteiger partial charge in [0.05, 0.1) is 0 Å². The molecule has 0 bridgehead atoms. The van der Waals surface area contributed by atoms with Crippen LogP contribution in [0.25, 0.3) is 0 Å². The minimum Gasteiger partial charge on any atom is -0.369 e. The number of H-pyrrole nitrogens is 1. The van der Waals surface area contributed by atoms with Crippen molar-refractivity contribution in [2.75, 3.05) is 5.73 Å². The van der Waals surface area contributed by atoms with E-state index in [1.54, 1.807) is 0 Å². The quantitative estimate of drug-likeness (QED) is 0.806. The summed E-state index contributed by atoms with van der Waals surface area (Å²) >= 11 is 10.7. The minimum absolute atomic E-state index is 0.250. The van der Waals surface area contributed by atoms with Crippen LogP contribution in [0.1, 0.15) is 11.4 Å². The van der Waals surface area contributed by atoms with E-state index >= 15 is 0 Å². The topological polar surface area (TPSA) is 67.6 Å². The predicted molar refractivity (Wildman–Crippen MR) is 65.9 cm³/mol. The van der Waals surface area contributed by atoms with Crippen molar-refractivity contribution in [3.63, 3.8) is 0 Å². The Bertz CT molecular complexity index is 549. The van der Waals surface area contributed by atoms with Crippen LogP contribution in [0.4, 0.5) is 5.95 Å². The Morgan fingerprint density at radius 1 is 1.25 bits per heavy atom. The highest BCUT2D eigenvalue weighted by Gasteiger charge is 2.00. The number of hydrogen-bond acceptors (Lipinski definition) is 4. The van der Waals surface area contributed by atoms with Crippen LogP contribution in [0, 0.1) is 4.77 Å². The van der Waals surface area contributed by atoms with E-state index in [0.717, 1.165) is 5.56 Å². The lowest BCUT2D eigenvalue weighted by Crippen LogP contribution is -2.03. The van der Waals surface area contributed by atoms with Gasteiger partial charge in [-0.15, -0.1) is 0 Å². The maximum absolute atomic E-state index is 5.80. The van der Waals surface area contributed by atoms with Crippen molar-refractivity contribution < 1.29 is 0 Å². The maximum Gasteiger partial charge on any atom is 0.224 e. The third-order valence-electron chi connectivity index (χ3n) is 2.00. The molecule has 0 fully saturated rings. The van der Waals surface area contributed by atoms with E-state index in [1.165, 1.54) is 0 Å². The minimum atomic E-state index is 0.250. The standard InChI is InChI=1S/C10H9ClN4S/c11-7-3-1-6(2-4-7)5-8-13-9(12)15-10(16)14-8/h1-4H,5H2,(H3,12,13,14,15,16). The molecule has 2 rings (SSSR count). The molecule has 1 aromatic carbocycles. The van der Waals surface area contributed by atoms with Gasteiger partial charge >= 0.3 is 0 Å². The number of nitrogens with zero attached hydrogens (tertiary/aromatic N) is 2. The first-order valence-electron chi connectivity index (χ1n) is 4.60. The average molecular weight is 253 g/mol. The van der Waals surface area contributed by atoms with E-state index in [0.29, 0.717) is 17.3 Å². The first-order chi connectivity index (χ1) is 7.63. The molecular formula is C10H9ClN4S. The second-order valence-electron chi connectivity index (χ2n) is 3.27. The van der Waals surface area contributed by atoms with E-state index in [1.807, 2.05) is 24.3 Å². The number of halogens is 1. The molecule has 0 amide bonds. The fraction of sp³-hybridized carbons (Fsp3) is 0.100. The summed E-state index contributed by atoms with van der Waals surface area (Å²) in [5.41, 5.74) is 6.62. The summed E-state index contributed by atoms with van der Waals surface area (Å²) in [6.45, 7) is 0. The van der Waals surface area contributed by atoms with Crippen molar-refractivity contribution >= 4 is 29.8 Å². The molecule has 2 aromatic rings. The highest BCUT2D eigenvalue weighted by molar-refractivity contribution is 7.71. The van der Waals surface area contributed by atoms with Crippen molar-refractivity contribution in [2.45, 2.75) is 6.42 Å². The Labute approximate surface area is 103 Å². The van der Waals surface area contributed by atoms with Crippen LogP contribution in [0.15, 0.2) is 24.3 Å². The highest BCUT2D eigenvalue weighted by atomic mass is 35.5. The number of rotatable bonds is 2. The maximum atomic E-state index is 5.80. The fourth-order valence-electron chi connectivity index (χ4n) is 1.33. The molecule has 1 aromatic heterocycles. The molecule has 0 aliphatic rings. The first-order valence-corrected chi connectivity index (χ1v) is 5.39. The molecule has 0 radical (unpaired) electrons. The van der Waals surface area contributed by atoms with Crippen molar-refractivity contribution in [2.24, 2.45) is 0 Å². The number of nitrogen functional groups attached to an aromatic ring is 1. The first kappa shape index (κ1) is 11.0. The molecule has 0 saturated heterocycles. The molecule has 0 spiro atoms. The normalized spacial score (nSPS) is 10.3. The molecule has 1 heterocycles. The van der Waals surface area contributed by atoms with Crippen LogP contribution >= 0.6 is 23.8 Å².